The van der Waals surface area contributed by atoms with Crippen LogP contribution >= 0.6 is 0 Å². The van der Waals surface area contributed by atoms with Crippen LogP contribution in [-0.4, -0.2) is 28.5 Å². The van der Waals surface area contributed by atoms with Crippen LogP contribution in [0, 0.1) is 0 Å². The summed E-state index contributed by atoms with van der Waals surface area (Å²) in [7, 11) is 0. The molecular formula is C13H18O3. The fourth-order valence-electron chi connectivity index (χ4n) is 2.17. The zero-order chi connectivity index (χ0) is 11.5. The molecule has 0 aromatic heterocycles. The van der Waals surface area contributed by atoms with Crippen LogP contribution in [0.4, 0.5) is 0 Å². The molecule has 2 rings (SSSR count). The highest BCUT2D eigenvalue weighted by atomic mass is 16.5. The molecule has 2 N–H and O–H groups in total. The fraction of sp³-hybridized carbons (Fsp3) is 0.538. The van der Waals surface area contributed by atoms with Crippen LogP contribution in [0.3, 0.4) is 0 Å². The molecule has 3 heteroatoms. The molecule has 1 aromatic rings. The van der Waals surface area contributed by atoms with E-state index in [4.69, 9.17) is 4.74 Å². The number of phenolic OH excluding ortho intramolecular Hbond substituents is 1. The third-order valence-corrected chi connectivity index (χ3v) is 3.05. The van der Waals surface area contributed by atoms with Crippen LogP contribution < -0.4 is 0 Å². The van der Waals surface area contributed by atoms with Gasteiger partial charge in [0.2, 0.25) is 0 Å². The molecule has 0 aliphatic carbocycles. The zero-order valence-corrected chi connectivity index (χ0v) is 9.47. The van der Waals surface area contributed by atoms with Crippen molar-refractivity contribution >= 4 is 0 Å². The summed E-state index contributed by atoms with van der Waals surface area (Å²) in [6, 6.07) is 7.00. The van der Waals surface area contributed by atoms with Gasteiger partial charge in [0.15, 0.2) is 0 Å². The Morgan fingerprint density at radius 3 is 2.88 bits per heavy atom. The van der Waals surface area contributed by atoms with E-state index in [1.807, 2.05) is 13.0 Å². The summed E-state index contributed by atoms with van der Waals surface area (Å²) in [5, 5.41) is 19.3. The van der Waals surface area contributed by atoms with Gasteiger partial charge in [0.05, 0.1) is 18.3 Å². The van der Waals surface area contributed by atoms with Crippen LogP contribution in [0.15, 0.2) is 24.3 Å². The second-order valence-corrected chi connectivity index (χ2v) is 4.50. The predicted molar refractivity (Wildman–Crippen MR) is 61.4 cm³/mol. The molecule has 3 atom stereocenters. The van der Waals surface area contributed by atoms with Gasteiger partial charge in [-0.25, -0.2) is 0 Å². The van der Waals surface area contributed by atoms with E-state index in [-0.39, 0.29) is 18.0 Å². The highest BCUT2D eigenvalue weighted by Gasteiger charge is 2.28. The van der Waals surface area contributed by atoms with Crippen molar-refractivity contribution in [2.45, 2.75) is 44.5 Å². The Morgan fingerprint density at radius 2 is 2.25 bits per heavy atom. The minimum atomic E-state index is -0.480. The first-order valence-electron chi connectivity index (χ1n) is 5.76. The average molecular weight is 222 g/mol. The predicted octanol–water partition coefficient (Wildman–Crippen LogP) is 1.86. The molecule has 1 fully saturated rings. The normalized spacial score (nSPS) is 26.9. The first kappa shape index (κ1) is 11.4. The number of hydrogen-bond donors (Lipinski definition) is 2. The molecule has 0 saturated carbocycles. The lowest BCUT2D eigenvalue weighted by Gasteiger charge is -2.18. The third-order valence-electron chi connectivity index (χ3n) is 3.05. The number of ether oxygens (including phenoxy) is 1. The third kappa shape index (κ3) is 2.74. The molecule has 16 heavy (non-hydrogen) atoms. The maximum absolute atomic E-state index is 10.0. The Morgan fingerprint density at radius 1 is 1.44 bits per heavy atom. The van der Waals surface area contributed by atoms with Gasteiger partial charge in [0, 0.05) is 6.42 Å². The van der Waals surface area contributed by atoms with Crippen molar-refractivity contribution in [2.24, 2.45) is 0 Å². The summed E-state index contributed by atoms with van der Waals surface area (Å²) in [5.41, 5.74) is 0.940. The molecule has 88 valence electrons. The van der Waals surface area contributed by atoms with Gasteiger partial charge in [-0.1, -0.05) is 12.1 Å². The maximum Gasteiger partial charge on any atom is 0.115 e. The average Bonchev–Trinajstić information content (AvgIpc) is 2.65. The highest BCUT2D eigenvalue weighted by molar-refractivity contribution is 5.27. The van der Waals surface area contributed by atoms with Gasteiger partial charge in [-0.3, -0.25) is 0 Å². The second-order valence-electron chi connectivity index (χ2n) is 4.50. The Kier molecular flexibility index (Phi) is 3.46. The van der Waals surface area contributed by atoms with E-state index in [0.29, 0.717) is 6.42 Å². The first-order chi connectivity index (χ1) is 7.65. The molecule has 0 radical (unpaired) electrons. The minimum Gasteiger partial charge on any atom is -0.508 e. The van der Waals surface area contributed by atoms with Gasteiger partial charge in [0.1, 0.15) is 5.75 Å². The number of phenols is 1. The zero-order valence-electron chi connectivity index (χ0n) is 9.47. The van der Waals surface area contributed by atoms with Crippen LogP contribution in [0.1, 0.15) is 25.3 Å². The summed E-state index contributed by atoms with van der Waals surface area (Å²) in [4.78, 5) is 0. The van der Waals surface area contributed by atoms with Gasteiger partial charge in [-0.2, -0.15) is 0 Å². The van der Waals surface area contributed by atoms with E-state index in [1.165, 1.54) is 0 Å². The quantitative estimate of drug-likeness (QED) is 0.820. The molecule has 1 heterocycles. The number of hydrogen-bond acceptors (Lipinski definition) is 3. The molecule has 0 bridgehead atoms. The molecule has 1 aliphatic heterocycles. The largest absolute Gasteiger partial charge is 0.508 e. The number of aliphatic hydroxyl groups excluding tert-OH is 1. The van der Waals surface area contributed by atoms with Gasteiger partial charge < -0.3 is 14.9 Å². The second kappa shape index (κ2) is 4.85. The molecule has 1 aromatic carbocycles. The summed E-state index contributed by atoms with van der Waals surface area (Å²) in [6.07, 6.45) is 2.18. The van der Waals surface area contributed by atoms with Crippen molar-refractivity contribution in [1.29, 1.82) is 0 Å². The maximum atomic E-state index is 10.0. The minimum absolute atomic E-state index is 0.0580. The van der Waals surface area contributed by atoms with Crippen molar-refractivity contribution < 1.29 is 14.9 Å². The van der Waals surface area contributed by atoms with E-state index in [1.54, 1.807) is 18.2 Å². The number of aromatic hydroxyl groups is 1. The number of aliphatic hydroxyl groups is 1. The van der Waals surface area contributed by atoms with Crippen LogP contribution in [-0.2, 0) is 11.2 Å². The van der Waals surface area contributed by atoms with E-state index < -0.39 is 6.10 Å². The topological polar surface area (TPSA) is 49.7 Å². The van der Waals surface area contributed by atoms with E-state index in [9.17, 15) is 10.2 Å². The van der Waals surface area contributed by atoms with Crippen molar-refractivity contribution in [3.63, 3.8) is 0 Å². The summed E-state index contributed by atoms with van der Waals surface area (Å²) < 4.78 is 5.61. The lowest BCUT2D eigenvalue weighted by atomic mass is 10.0. The van der Waals surface area contributed by atoms with Gasteiger partial charge in [0.25, 0.3) is 0 Å². The van der Waals surface area contributed by atoms with Gasteiger partial charge >= 0.3 is 0 Å². The van der Waals surface area contributed by atoms with Crippen LogP contribution in [0.5, 0.6) is 5.75 Å². The summed E-state index contributed by atoms with van der Waals surface area (Å²) in [6.45, 7) is 2.03. The van der Waals surface area contributed by atoms with Crippen molar-refractivity contribution in [2.75, 3.05) is 0 Å². The van der Waals surface area contributed by atoms with E-state index in [0.717, 1.165) is 18.4 Å². The SMILES string of the molecule is CC1CCC(C(O)Cc2cccc(O)c2)O1. The Hall–Kier alpha value is -1.06. The Balaban J connectivity index is 1.94. The Bertz CT molecular complexity index is 351. The smallest absolute Gasteiger partial charge is 0.115 e. The van der Waals surface area contributed by atoms with Crippen molar-refractivity contribution in [3.05, 3.63) is 29.8 Å². The molecular weight excluding hydrogens is 204 g/mol. The van der Waals surface area contributed by atoms with E-state index >= 15 is 0 Å². The summed E-state index contributed by atoms with van der Waals surface area (Å²) in [5.74, 6) is 0.241. The van der Waals surface area contributed by atoms with Gasteiger partial charge in [-0.05, 0) is 37.5 Å². The standard InChI is InChI=1S/C13H18O3/c1-9-5-6-13(16-9)12(15)8-10-3-2-4-11(14)7-10/h2-4,7,9,12-15H,5-6,8H2,1H3. The molecule has 1 aliphatic rings. The van der Waals surface area contributed by atoms with E-state index in [2.05, 4.69) is 0 Å². The van der Waals surface area contributed by atoms with Crippen LogP contribution in [0.2, 0.25) is 0 Å². The molecule has 0 amide bonds. The summed E-state index contributed by atoms with van der Waals surface area (Å²) >= 11 is 0. The molecule has 0 spiro atoms. The highest BCUT2D eigenvalue weighted by Crippen LogP contribution is 2.24. The number of rotatable bonds is 3. The lowest BCUT2D eigenvalue weighted by Crippen LogP contribution is -2.28. The molecule has 3 nitrogen and oxygen atoms in total. The van der Waals surface area contributed by atoms with Crippen LogP contribution in [0.25, 0.3) is 0 Å². The monoisotopic (exact) mass is 222 g/mol. The molecule has 3 unspecified atom stereocenters. The number of benzene rings is 1. The van der Waals surface area contributed by atoms with Crippen molar-refractivity contribution in [1.82, 2.24) is 0 Å². The molecule has 1 saturated heterocycles. The lowest BCUT2D eigenvalue weighted by molar-refractivity contribution is -0.0278. The van der Waals surface area contributed by atoms with Crippen molar-refractivity contribution in [3.8, 4) is 5.75 Å². The Labute approximate surface area is 95.7 Å². The first-order valence-corrected chi connectivity index (χ1v) is 5.76. The fourth-order valence-corrected chi connectivity index (χ4v) is 2.17. The van der Waals surface area contributed by atoms with Gasteiger partial charge in [-0.15, -0.1) is 0 Å².